The molecule has 2 aromatic heterocycles. The minimum Gasteiger partial charge on any atom is -0.439 e. The summed E-state index contributed by atoms with van der Waals surface area (Å²) in [6.45, 7) is 34.1. The number of rotatable bonds is 1. The number of aromatic nitrogens is 1. The van der Waals surface area contributed by atoms with Gasteiger partial charge in [-0.2, -0.15) is 0 Å². The third kappa shape index (κ3) is 5.09. The molecule has 4 heterocycles. The zero-order chi connectivity index (χ0) is 42.4. The second-order valence-corrected chi connectivity index (χ2v) is 24.0. The average molecular weight is 791 g/mol. The summed E-state index contributed by atoms with van der Waals surface area (Å²) in [6.07, 6.45) is 4.75. The maximum absolute atomic E-state index is 7.04. The molecule has 3 nitrogen and oxygen atoms in total. The van der Waals surface area contributed by atoms with Crippen molar-refractivity contribution in [3.8, 4) is 5.69 Å². The van der Waals surface area contributed by atoms with Crippen LogP contribution in [0.25, 0.3) is 38.7 Å². The van der Waals surface area contributed by atoms with E-state index in [0.29, 0.717) is 0 Å². The quantitative estimate of drug-likeness (QED) is 0.154. The molecule has 7 aromatic rings. The topological polar surface area (TPSA) is 21.3 Å². The Morgan fingerprint density at radius 1 is 0.533 bits per heavy atom. The molecule has 0 amide bonds. The van der Waals surface area contributed by atoms with Gasteiger partial charge in [0.05, 0.1) is 10.9 Å². The van der Waals surface area contributed by atoms with Gasteiger partial charge in [0.1, 0.15) is 5.58 Å². The van der Waals surface area contributed by atoms with Gasteiger partial charge in [-0.15, -0.1) is 0 Å². The third-order valence-electron chi connectivity index (χ3n) is 16.0. The molecule has 5 aromatic carbocycles. The molecule has 4 aliphatic rings. The number of furan rings is 1. The number of fused-ring (bicyclic) bond motifs is 11. The molecule has 306 valence electrons. The molecular formula is C56H63BN2O. The first-order valence-electron chi connectivity index (χ1n) is 22.8. The fourth-order valence-corrected chi connectivity index (χ4v) is 11.9. The van der Waals surface area contributed by atoms with E-state index in [4.69, 9.17) is 4.42 Å². The van der Waals surface area contributed by atoms with Gasteiger partial charge in [0.2, 0.25) is 5.71 Å². The van der Waals surface area contributed by atoms with Gasteiger partial charge in [-0.1, -0.05) is 133 Å². The maximum Gasteiger partial charge on any atom is 0.252 e. The van der Waals surface area contributed by atoms with Gasteiger partial charge in [-0.05, 0) is 150 Å². The van der Waals surface area contributed by atoms with Crippen molar-refractivity contribution < 1.29 is 4.42 Å². The summed E-state index contributed by atoms with van der Waals surface area (Å²) in [6, 6.07) is 31.7. The van der Waals surface area contributed by atoms with Crippen LogP contribution in [0.4, 0.5) is 17.1 Å². The minimum atomic E-state index is -0.0909. The highest BCUT2D eigenvalue weighted by atomic mass is 16.3. The molecule has 0 fully saturated rings. The van der Waals surface area contributed by atoms with Crippen LogP contribution in [0.15, 0.2) is 83.3 Å². The molecule has 60 heavy (non-hydrogen) atoms. The standard InChI is InChI=1S/C56H63BN2O/c1-51(2,3)32-25-36-47-35-17-15-16-18-46(35)60-50(47)59-45-28-33(52(4,5)6)27-44-48(45)57(42(26-32)49(36)59)41-30-39-40(56(13,14)24-23-55(39,11)12)31-43(41)58(44)34-19-20-37-38(29-34)54(9,10)22-21-53(37,7)8/h15-20,25-31H,21-24H2,1-14H3. The summed E-state index contributed by atoms with van der Waals surface area (Å²) in [5, 5.41) is 3.72. The molecule has 0 atom stereocenters. The second kappa shape index (κ2) is 11.6. The Bertz CT molecular complexity index is 3020. The maximum atomic E-state index is 7.04. The Morgan fingerprint density at radius 2 is 1.10 bits per heavy atom. The zero-order valence-corrected chi connectivity index (χ0v) is 38.7. The van der Waals surface area contributed by atoms with Crippen molar-refractivity contribution in [1.29, 1.82) is 0 Å². The van der Waals surface area contributed by atoms with Gasteiger partial charge in [0.25, 0.3) is 6.71 Å². The van der Waals surface area contributed by atoms with Crippen LogP contribution in [0.5, 0.6) is 0 Å². The number of benzene rings is 5. The Labute approximate surface area is 358 Å². The fraction of sp³-hybridized carbons (Fsp3) is 0.429. The number of hydrogen-bond acceptors (Lipinski definition) is 2. The highest BCUT2D eigenvalue weighted by Crippen LogP contribution is 2.53. The Kier molecular flexibility index (Phi) is 7.40. The van der Waals surface area contributed by atoms with E-state index in [9.17, 15) is 0 Å². The first kappa shape index (κ1) is 38.2. The summed E-state index contributed by atoms with van der Waals surface area (Å²) in [5.41, 5.74) is 21.5. The van der Waals surface area contributed by atoms with Gasteiger partial charge >= 0.3 is 0 Å². The van der Waals surface area contributed by atoms with E-state index in [-0.39, 0.29) is 39.2 Å². The van der Waals surface area contributed by atoms with Gasteiger partial charge in [0, 0.05) is 33.5 Å². The van der Waals surface area contributed by atoms with E-state index in [1.54, 1.807) is 0 Å². The highest BCUT2D eigenvalue weighted by Gasteiger charge is 2.47. The van der Waals surface area contributed by atoms with Crippen molar-refractivity contribution in [3.05, 3.63) is 112 Å². The molecule has 0 spiro atoms. The van der Waals surface area contributed by atoms with E-state index in [1.165, 1.54) is 120 Å². The predicted molar refractivity (Wildman–Crippen MR) is 258 cm³/mol. The van der Waals surface area contributed by atoms with Crippen molar-refractivity contribution in [2.45, 2.75) is 155 Å². The SMILES string of the molecule is CC(C)(C)c1cc2c3c(c1)-n1c4oc5ccccc5c4c4cc(C(C)(C)C)cc(c41)B3c1cc3c(cc1N2c1ccc2c(c1)C(C)(C)CCC2(C)C)C(C)(C)CCC3(C)C. The van der Waals surface area contributed by atoms with Crippen LogP contribution in [0.1, 0.15) is 156 Å². The van der Waals surface area contributed by atoms with E-state index < -0.39 is 0 Å². The number of hydrogen-bond donors (Lipinski definition) is 0. The third-order valence-corrected chi connectivity index (χ3v) is 16.0. The summed E-state index contributed by atoms with van der Waals surface area (Å²) in [5.74, 6) is 0. The predicted octanol–water partition coefficient (Wildman–Crippen LogP) is 13.4. The second-order valence-electron chi connectivity index (χ2n) is 24.0. The van der Waals surface area contributed by atoms with Gasteiger partial charge in [-0.3, -0.25) is 4.57 Å². The lowest BCUT2D eigenvalue weighted by Gasteiger charge is -2.47. The smallest absolute Gasteiger partial charge is 0.252 e. The molecular weight excluding hydrogens is 727 g/mol. The molecule has 0 bridgehead atoms. The van der Waals surface area contributed by atoms with Crippen molar-refractivity contribution in [2.75, 3.05) is 4.90 Å². The molecule has 0 N–H and O–H groups in total. The largest absolute Gasteiger partial charge is 0.439 e. The van der Waals surface area contributed by atoms with Crippen LogP contribution in [-0.4, -0.2) is 11.3 Å². The minimum absolute atomic E-state index is 0.0486. The normalized spacial score (nSPS) is 19.4. The van der Waals surface area contributed by atoms with Gasteiger partial charge in [0.15, 0.2) is 0 Å². The monoisotopic (exact) mass is 791 g/mol. The van der Waals surface area contributed by atoms with E-state index in [0.717, 1.165) is 11.3 Å². The van der Waals surface area contributed by atoms with Crippen LogP contribution in [0, 0.1) is 0 Å². The van der Waals surface area contributed by atoms with Crippen LogP contribution in [0.2, 0.25) is 0 Å². The summed E-state index contributed by atoms with van der Waals surface area (Å²) >= 11 is 0. The summed E-state index contributed by atoms with van der Waals surface area (Å²) in [7, 11) is 0. The molecule has 2 aliphatic heterocycles. The summed E-state index contributed by atoms with van der Waals surface area (Å²) < 4.78 is 9.57. The Morgan fingerprint density at radius 3 is 1.75 bits per heavy atom. The molecule has 11 rings (SSSR count). The molecule has 0 radical (unpaired) electrons. The summed E-state index contributed by atoms with van der Waals surface area (Å²) in [4.78, 5) is 2.70. The number of para-hydroxylation sites is 1. The Balaban J connectivity index is 1.34. The highest BCUT2D eigenvalue weighted by molar-refractivity contribution is 7.00. The molecule has 0 unspecified atom stereocenters. The molecule has 4 heteroatoms. The molecule has 0 saturated heterocycles. The number of anilines is 3. The fourth-order valence-electron chi connectivity index (χ4n) is 11.9. The zero-order valence-electron chi connectivity index (χ0n) is 38.7. The van der Waals surface area contributed by atoms with E-state index in [2.05, 4.69) is 185 Å². The lowest BCUT2D eigenvalue weighted by Crippen LogP contribution is -2.61. The Hall–Kier alpha value is -4.70. The van der Waals surface area contributed by atoms with Gasteiger partial charge < -0.3 is 9.32 Å². The van der Waals surface area contributed by atoms with Crippen LogP contribution in [0.3, 0.4) is 0 Å². The first-order valence-corrected chi connectivity index (χ1v) is 22.8. The van der Waals surface area contributed by atoms with Crippen LogP contribution >= 0.6 is 0 Å². The van der Waals surface area contributed by atoms with E-state index in [1.807, 2.05) is 0 Å². The van der Waals surface area contributed by atoms with Crippen molar-refractivity contribution in [2.24, 2.45) is 0 Å². The van der Waals surface area contributed by atoms with Crippen molar-refractivity contribution >= 4 is 73.1 Å². The van der Waals surface area contributed by atoms with Crippen LogP contribution in [-0.2, 0) is 32.5 Å². The molecule has 0 saturated carbocycles. The first-order chi connectivity index (χ1) is 28.0. The number of nitrogens with zero attached hydrogens (tertiary/aromatic N) is 2. The van der Waals surface area contributed by atoms with Crippen molar-refractivity contribution in [1.82, 2.24) is 4.57 Å². The lowest BCUT2D eigenvalue weighted by molar-refractivity contribution is 0.332. The van der Waals surface area contributed by atoms with Crippen molar-refractivity contribution in [3.63, 3.8) is 0 Å². The lowest BCUT2D eigenvalue weighted by atomic mass is 9.33. The van der Waals surface area contributed by atoms with Crippen LogP contribution < -0.4 is 21.3 Å². The average Bonchev–Trinajstić information content (AvgIpc) is 3.71. The van der Waals surface area contributed by atoms with E-state index >= 15 is 0 Å². The molecule has 2 aliphatic carbocycles. The van der Waals surface area contributed by atoms with Gasteiger partial charge in [-0.25, -0.2) is 0 Å².